The third kappa shape index (κ3) is 2.33. The molecule has 1 aromatic heterocycles. The Labute approximate surface area is 118 Å². The van der Waals surface area contributed by atoms with E-state index in [0.717, 1.165) is 23.4 Å². The van der Waals surface area contributed by atoms with Gasteiger partial charge in [0.25, 0.3) is 0 Å². The van der Waals surface area contributed by atoms with Crippen LogP contribution in [0.3, 0.4) is 0 Å². The van der Waals surface area contributed by atoms with Crippen molar-refractivity contribution in [2.75, 3.05) is 5.32 Å². The highest BCUT2D eigenvalue weighted by Gasteiger charge is 2.34. The molecule has 0 saturated carbocycles. The molecule has 4 nitrogen and oxygen atoms in total. The van der Waals surface area contributed by atoms with Crippen molar-refractivity contribution in [3.63, 3.8) is 0 Å². The lowest BCUT2D eigenvalue weighted by atomic mass is 9.76. The first-order valence-corrected chi connectivity index (χ1v) is 6.89. The fourth-order valence-corrected chi connectivity index (χ4v) is 2.73. The molecule has 0 fully saturated rings. The number of carbonyl (C=O) groups excluding carboxylic acids is 1. The van der Waals surface area contributed by atoms with Crippen LogP contribution in [0.4, 0.5) is 11.5 Å². The summed E-state index contributed by atoms with van der Waals surface area (Å²) in [5.41, 5.74) is 3.84. The number of aromatic nitrogens is 2. The van der Waals surface area contributed by atoms with Gasteiger partial charge < -0.3 is 5.32 Å². The quantitative estimate of drug-likeness (QED) is 0.875. The van der Waals surface area contributed by atoms with Crippen molar-refractivity contribution in [1.29, 1.82) is 0 Å². The van der Waals surface area contributed by atoms with Crippen LogP contribution in [-0.2, 0) is 6.42 Å². The van der Waals surface area contributed by atoms with E-state index in [1.54, 1.807) is 0 Å². The summed E-state index contributed by atoms with van der Waals surface area (Å²) in [6.07, 6.45) is 1.43. The van der Waals surface area contributed by atoms with Crippen LogP contribution < -0.4 is 5.32 Å². The fourth-order valence-electron chi connectivity index (χ4n) is 2.73. The van der Waals surface area contributed by atoms with Gasteiger partial charge in [-0.3, -0.25) is 9.89 Å². The van der Waals surface area contributed by atoms with Gasteiger partial charge in [0.15, 0.2) is 11.6 Å². The molecule has 4 heteroatoms. The number of anilines is 2. The number of aryl methyl sites for hydroxylation is 1. The number of carbonyl (C=O) groups is 1. The van der Waals surface area contributed by atoms with Crippen LogP contribution in [0.25, 0.3) is 0 Å². The number of benzene rings is 1. The third-order valence-electron chi connectivity index (χ3n) is 3.73. The first-order valence-electron chi connectivity index (χ1n) is 6.89. The second-order valence-corrected chi connectivity index (χ2v) is 6.36. The number of H-pyrrole nitrogens is 1. The Hall–Kier alpha value is -2.10. The summed E-state index contributed by atoms with van der Waals surface area (Å²) < 4.78 is 0. The van der Waals surface area contributed by atoms with E-state index >= 15 is 0 Å². The van der Waals surface area contributed by atoms with Gasteiger partial charge in [-0.2, -0.15) is 5.10 Å². The molecule has 20 heavy (non-hydrogen) atoms. The van der Waals surface area contributed by atoms with Gasteiger partial charge in [0.1, 0.15) is 0 Å². The molecule has 1 aliphatic rings. The molecule has 0 spiro atoms. The zero-order valence-electron chi connectivity index (χ0n) is 12.1. The molecule has 1 heterocycles. The second kappa shape index (κ2) is 4.47. The summed E-state index contributed by atoms with van der Waals surface area (Å²) in [6.45, 7) is 6.27. The van der Waals surface area contributed by atoms with E-state index in [2.05, 4.69) is 29.4 Å². The minimum Gasteiger partial charge on any atom is -0.338 e. The van der Waals surface area contributed by atoms with Crippen molar-refractivity contribution in [2.24, 2.45) is 5.41 Å². The van der Waals surface area contributed by atoms with Gasteiger partial charge in [0.2, 0.25) is 0 Å². The molecule has 3 rings (SSSR count). The highest BCUT2D eigenvalue weighted by molar-refractivity contribution is 6.03. The Balaban J connectivity index is 1.92. The number of hydrogen-bond acceptors (Lipinski definition) is 3. The number of nitrogens with zero attached hydrogens (tertiary/aromatic N) is 1. The van der Waals surface area contributed by atoms with Crippen LogP contribution in [0, 0.1) is 12.3 Å². The number of nitrogens with one attached hydrogen (secondary N) is 2. The van der Waals surface area contributed by atoms with Gasteiger partial charge in [-0.1, -0.05) is 31.5 Å². The topological polar surface area (TPSA) is 57.8 Å². The summed E-state index contributed by atoms with van der Waals surface area (Å²) >= 11 is 0. The Morgan fingerprint density at radius 1 is 1.20 bits per heavy atom. The van der Waals surface area contributed by atoms with E-state index in [4.69, 9.17) is 0 Å². The van der Waals surface area contributed by atoms with Crippen LogP contribution in [0.5, 0.6) is 0 Å². The fraction of sp³-hybridized carbons (Fsp3) is 0.375. The molecule has 0 bridgehead atoms. The zero-order valence-corrected chi connectivity index (χ0v) is 12.1. The Kier molecular flexibility index (Phi) is 2.89. The number of fused-ring (bicyclic) bond motifs is 1. The van der Waals surface area contributed by atoms with Gasteiger partial charge >= 0.3 is 0 Å². The molecule has 0 amide bonds. The van der Waals surface area contributed by atoms with E-state index < -0.39 is 0 Å². The van der Waals surface area contributed by atoms with Gasteiger partial charge in [0.05, 0.1) is 5.56 Å². The maximum Gasteiger partial charge on any atom is 0.169 e. The van der Waals surface area contributed by atoms with E-state index in [-0.39, 0.29) is 11.2 Å². The van der Waals surface area contributed by atoms with Crippen molar-refractivity contribution in [2.45, 2.75) is 33.6 Å². The molecule has 0 unspecified atom stereocenters. The van der Waals surface area contributed by atoms with E-state index in [9.17, 15) is 4.79 Å². The maximum atomic E-state index is 12.3. The lowest BCUT2D eigenvalue weighted by molar-refractivity contribution is 0.0912. The van der Waals surface area contributed by atoms with Crippen molar-refractivity contribution in [3.8, 4) is 0 Å². The minimum atomic E-state index is 0.0117. The summed E-state index contributed by atoms with van der Waals surface area (Å²) in [7, 11) is 0. The van der Waals surface area contributed by atoms with Gasteiger partial charge in [-0.05, 0) is 30.9 Å². The molecule has 1 aromatic carbocycles. The average molecular weight is 269 g/mol. The van der Waals surface area contributed by atoms with Crippen LogP contribution in [0.2, 0.25) is 0 Å². The number of rotatable bonds is 2. The minimum absolute atomic E-state index is 0.0117. The van der Waals surface area contributed by atoms with Crippen molar-refractivity contribution in [1.82, 2.24) is 10.2 Å². The lowest BCUT2D eigenvalue weighted by Gasteiger charge is -2.27. The predicted octanol–water partition coefficient (Wildman–Crippen LogP) is 3.62. The first kappa shape index (κ1) is 12.9. The molecular weight excluding hydrogens is 250 g/mol. The van der Waals surface area contributed by atoms with Crippen LogP contribution in [-0.4, -0.2) is 16.0 Å². The van der Waals surface area contributed by atoms with E-state index in [1.807, 2.05) is 31.2 Å². The summed E-state index contributed by atoms with van der Waals surface area (Å²) in [4.78, 5) is 12.3. The van der Waals surface area contributed by atoms with Crippen molar-refractivity contribution >= 4 is 17.3 Å². The zero-order chi connectivity index (χ0) is 14.3. The molecule has 0 radical (unpaired) electrons. The smallest absolute Gasteiger partial charge is 0.169 e. The Morgan fingerprint density at radius 2 is 1.90 bits per heavy atom. The number of ketones is 1. The summed E-state index contributed by atoms with van der Waals surface area (Å²) in [5.74, 6) is 0.809. The van der Waals surface area contributed by atoms with Gasteiger partial charge in [-0.25, -0.2) is 0 Å². The molecule has 0 atom stereocenters. The lowest BCUT2D eigenvalue weighted by Crippen LogP contribution is -2.26. The molecule has 1 aliphatic carbocycles. The standard InChI is InChI=1S/C16H19N3O/c1-10-4-6-11(7-5-10)17-15-14-12(18-19-15)8-16(2,3)9-13(14)20/h4-7H,8-9H2,1-3H3,(H2,17,18,19). The van der Waals surface area contributed by atoms with Crippen LogP contribution in [0.1, 0.15) is 41.9 Å². The average Bonchev–Trinajstić information content (AvgIpc) is 2.73. The number of aromatic amines is 1. The largest absolute Gasteiger partial charge is 0.338 e. The molecular formula is C16H19N3O. The number of hydrogen-bond donors (Lipinski definition) is 2. The highest BCUT2D eigenvalue weighted by atomic mass is 16.1. The van der Waals surface area contributed by atoms with Crippen molar-refractivity contribution in [3.05, 3.63) is 41.1 Å². The predicted molar refractivity (Wildman–Crippen MR) is 79.5 cm³/mol. The highest BCUT2D eigenvalue weighted by Crippen LogP contribution is 2.37. The molecule has 0 aliphatic heterocycles. The SMILES string of the molecule is Cc1ccc(Nc2n[nH]c3c2C(=O)CC(C)(C)C3)cc1. The normalized spacial score (nSPS) is 16.9. The third-order valence-corrected chi connectivity index (χ3v) is 3.73. The second-order valence-electron chi connectivity index (χ2n) is 6.36. The van der Waals surface area contributed by atoms with E-state index in [0.29, 0.717) is 12.2 Å². The molecule has 0 saturated heterocycles. The monoisotopic (exact) mass is 269 g/mol. The Morgan fingerprint density at radius 3 is 2.60 bits per heavy atom. The molecule has 104 valence electrons. The summed E-state index contributed by atoms with van der Waals surface area (Å²) in [5, 5.41) is 10.5. The van der Waals surface area contributed by atoms with Crippen LogP contribution >= 0.6 is 0 Å². The summed E-state index contributed by atoms with van der Waals surface area (Å²) in [6, 6.07) is 8.06. The first-order chi connectivity index (χ1) is 9.44. The molecule has 2 aromatic rings. The van der Waals surface area contributed by atoms with E-state index in [1.165, 1.54) is 5.56 Å². The maximum absolute atomic E-state index is 12.3. The van der Waals surface area contributed by atoms with Crippen molar-refractivity contribution < 1.29 is 4.79 Å². The molecule has 2 N–H and O–H groups in total. The Bertz CT molecular complexity index is 653. The number of Topliss-reactive ketones (excluding diaryl/α,β-unsaturated/α-hetero) is 1. The van der Waals surface area contributed by atoms with Crippen LogP contribution in [0.15, 0.2) is 24.3 Å². The van der Waals surface area contributed by atoms with Gasteiger partial charge in [-0.15, -0.1) is 0 Å². The van der Waals surface area contributed by atoms with Gasteiger partial charge in [0, 0.05) is 17.8 Å².